The summed E-state index contributed by atoms with van der Waals surface area (Å²) in [5, 5.41) is 0.861. The van der Waals surface area contributed by atoms with E-state index in [2.05, 4.69) is 4.98 Å². The van der Waals surface area contributed by atoms with Gasteiger partial charge in [0.25, 0.3) is 0 Å². The van der Waals surface area contributed by atoms with Gasteiger partial charge in [-0.25, -0.2) is 9.37 Å². The van der Waals surface area contributed by atoms with Crippen LogP contribution >= 0.6 is 11.3 Å². The third kappa shape index (κ3) is 3.04. The lowest BCUT2D eigenvalue weighted by molar-refractivity contribution is 0.316. The third-order valence-corrected chi connectivity index (χ3v) is 4.15. The second-order valence-electron chi connectivity index (χ2n) is 4.62. The molecule has 0 unspecified atom stereocenters. The van der Waals surface area contributed by atoms with Crippen LogP contribution in [0.25, 0.3) is 20.8 Å². The summed E-state index contributed by atoms with van der Waals surface area (Å²) in [6.45, 7) is 1.19. The Kier molecular flexibility index (Phi) is 4.13. The number of thiazole rings is 1. The van der Waals surface area contributed by atoms with Gasteiger partial charge in [0.2, 0.25) is 0 Å². The van der Waals surface area contributed by atoms with E-state index < -0.39 is 0 Å². The molecule has 0 fully saturated rings. The molecule has 0 saturated carbocycles. The Hall–Kier alpha value is -1.98. The Bertz CT molecular complexity index is 740. The summed E-state index contributed by atoms with van der Waals surface area (Å²) in [4.78, 5) is 4.63. The first-order valence-electron chi connectivity index (χ1n) is 6.76. The standard InChI is InChI=1S/C16H15FN2OS/c17-12-7-5-11(6-8-12)16-19-15-13(20-10-2-9-18)3-1-4-14(15)21-16/h1,3-8H,2,9-10,18H2. The van der Waals surface area contributed by atoms with Crippen molar-refractivity contribution in [3.05, 3.63) is 48.3 Å². The van der Waals surface area contributed by atoms with Crippen LogP contribution in [0.15, 0.2) is 42.5 Å². The van der Waals surface area contributed by atoms with Gasteiger partial charge >= 0.3 is 0 Å². The molecular weight excluding hydrogens is 287 g/mol. The molecule has 0 aliphatic carbocycles. The van der Waals surface area contributed by atoms with Crippen molar-refractivity contribution in [3.63, 3.8) is 0 Å². The van der Waals surface area contributed by atoms with Crippen molar-refractivity contribution in [2.45, 2.75) is 6.42 Å². The molecule has 3 rings (SSSR count). The number of halogens is 1. The van der Waals surface area contributed by atoms with Crippen LogP contribution in [0.2, 0.25) is 0 Å². The fourth-order valence-electron chi connectivity index (χ4n) is 2.02. The fraction of sp³-hybridized carbons (Fsp3) is 0.188. The predicted octanol–water partition coefficient (Wildman–Crippen LogP) is 3.83. The van der Waals surface area contributed by atoms with E-state index in [1.165, 1.54) is 12.1 Å². The molecule has 5 heteroatoms. The number of aromatic nitrogens is 1. The van der Waals surface area contributed by atoms with Gasteiger partial charge in [-0.05, 0) is 49.4 Å². The van der Waals surface area contributed by atoms with E-state index in [9.17, 15) is 4.39 Å². The van der Waals surface area contributed by atoms with Crippen molar-refractivity contribution in [2.24, 2.45) is 5.73 Å². The Morgan fingerprint density at radius 3 is 2.71 bits per heavy atom. The molecule has 1 aromatic heterocycles. The molecule has 3 aromatic rings. The van der Waals surface area contributed by atoms with Crippen LogP contribution in [0.3, 0.4) is 0 Å². The summed E-state index contributed by atoms with van der Waals surface area (Å²) in [5.74, 6) is 0.524. The third-order valence-electron chi connectivity index (χ3n) is 3.08. The molecule has 21 heavy (non-hydrogen) atoms. The zero-order valence-corrected chi connectivity index (χ0v) is 12.2. The second-order valence-corrected chi connectivity index (χ2v) is 5.65. The van der Waals surface area contributed by atoms with Crippen molar-refractivity contribution in [1.29, 1.82) is 0 Å². The Labute approximate surface area is 126 Å². The minimum absolute atomic E-state index is 0.245. The van der Waals surface area contributed by atoms with Crippen molar-refractivity contribution in [2.75, 3.05) is 13.2 Å². The number of hydrogen-bond donors (Lipinski definition) is 1. The number of rotatable bonds is 5. The van der Waals surface area contributed by atoms with Gasteiger partial charge < -0.3 is 10.5 Å². The highest BCUT2D eigenvalue weighted by Crippen LogP contribution is 2.34. The quantitative estimate of drug-likeness (QED) is 0.729. The van der Waals surface area contributed by atoms with Crippen LogP contribution in [-0.4, -0.2) is 18.1 Å². The monoisotopic (exact) mass is 302 g/mol. The summed E-state index contributed by atoms with van der Waals surface area (Å²) < 4.78 is 19.8. The van der Waals surface area contributed by atoms with Crippen LogP contribution in [0.1, 0.15) is 6.42 Å². The van der Waals surface area contributed by atoms with Crippen LogP contribution in [0.4, 0.5) is 4.39 Å². The number of benzene rings is 2. The van der Waals surface area contributed by atoms with Gasteiger partial charge in [-0.15, -0.1) is 11.3 Å². The number of fused-ring (bicyclic) bond motifs is 1. The molecule has 3 nitrogen and oxygen atoms in total. The van der Waals surface area contributed by atoms with Crippen molar-refractivity contribution < 1.29 is 9.13 Å². The van der Waals surface area contributed by atoms with E-state index in [0.717, 1.165) is 33.0 Å². The minimum atomic E-state index is -0.245. The maximum absolute atomic E-state index is 13.0. The molecule has 0 bridgehead atoms. The van der Waals surface area contributed by atoms with E-state index >= 15 is 0 Å². The fourth-order valence-corrected chi connectivity index (χ4v) is 3.01. The number of nitrogens with two attached hydrogens (primary N) is 1. The average molecular weight is 302 g/mol. The van der Waals surface area contributed by atoms with E-state index in [1.54, 1.807) is 23.5 Å². The molecule has 0 aliphatic heterocycles. The number of para-hydroxylation sites is 1. The molecule has 0 atom stereocenters. The highest BCUT2D eigenvalue weighted by molar-refractivity contribution is 7.21. The molecule has 1 heterocycles. The summed E-state index contributed by atoms with van der Waals surface area (Å²) in [7, 11) is 0. The Morgan fingerprint density at radius 2 is 1.95 bits per heavy atom. The molecule has 0 spiro atoms. The molecule has 2 aromatic carbocycles. The maximum Gasteiger partial charge on any atom is 0.146 e. The lowest BCUT2D eigenvalue weighted by Gasteiger charge is -2.05. The predicted molar refractivity (Wildman–Crippen MR) is 84.2 cm³/mol. The zero-order chi connectivity index (χ0) is 14.7. The van der Waals surface area contributed by atoms with Gasteiger partial charge in [0.15, 0.2) is 0 Å². The molecule has 108 valence electrons. The van der Waals surface area contributed by atoms with Crippen LogP contribution in [-0.2, 0) is 0 Å². The lowest BCUT2D eigenvalue weighted by Crippen LogP contribution is -2.06. The topological polar surface area (TPSA) is 48.1 Å². The van der Waals surface area contributed by atoms with Crippen LogP contribution < -0.4 is 10.5 Å². The first-order chi connectivity index (χ1) is 10.3. The zero-order valence-electron chi connectivity index (χ0n) is 11.4. The first-order valence-corrected chi connectivity index (χ1v) is 7.58. The van der Waals surface area contributed by atoms with Crippen molar-refractivity contribution >= 4 is 21.6 Å². The van der Waals surface area contributed by atoms with Crippen LogP contribution in [0, 0.1) is 5.82 Å². The molecule has 0 saturated heterocycles. The van der Waals surface area contributed by atoms with E-state index in [-0.39, 0.29) is 5.82 Å². The Balaban J connectivity index is 1.95. The average Bonchev–Trinajstić information content (AvgIpc) is 2.93. The van der Waals surface area contributed by atoms with E-state index in [1.807, 2.05) is 18.2 Å². The number of hydrogen-bond acceptors (Lipinski definition) is 4. The molecule has 2 N–H and O–H groups in total. The lowest BCUT2D eigenvalue weighted by atomic mass is 10.2. The maximum atomic E-state index is 13.0. The summed E-state index contributed by atoms with van der Waals surface area (Å²) in [6.07, 6.45) is 0.811. The van der Waals surface area contributed by atoms with Gasteiger partial charge in [-0.1, -0.05) is 6.07 Å². The van der Waals surface area contributed by atoms with Gasteiger partial charge in [0, 0.05) is 5.56 Å². The number of nitrogens with zero attached hydrogens (tertiary/aromatic N) is 1. The SMILES string of the molecule is NCCCOc1cccc2sc(-c3ccc(F)cc3)nc12. The first kappa shape index (κ1) is 14.0. The highest BCUT2D eigenvalue weighted by atomic mass is 32.1. The van der Waals surface area contributed by atoms with Crippen LogP contribution in [0.5, 0.6) is 5.75 Å². The van der Waals surface area contributed by atoms with E-state index in [4.69, 9.17) is 10.5 Å². The van der Waals surface area contributed by atoms with Gasteiger partial charge in [0.05, 0.1) is 11.3 Å². The molecule has 0 amide bonds. The smallest absolute Gasteiger partial charge is 0.146 e. The summed E-state index contributed by atoms with van der Waals surface area (Å²) >= 11 is 1.57. The Morgan fingerprint density at radius 1 is 1.14 bits per heavy atom. The van der Waals surface area contributed by atoms with Crippen molar-refractivity contribution in [1.82, 2.24) is 4.98 Å². The second kappa shape index (κ2) is 6.20. The van der Waals surface area contributed by atoms with Gasteiger partial charge in [0.1, 0.15) is 22.1 Å². The normalized spacial score (nSPS) is 11.0. The number of ether oxygens (including phenoxy) is 1. The molecular formula is C16H15FN2OS. The summed E-state index contributed by atoms with van der Waals surface area (Å²) in [6, 6.07) is 12.2. The molecule has 0 aliphatic rings. The van der Waals surface area contributed by atoms with Gasteiger partial charge in [-0.2, -0.15) is 0 Å². The van der Waals surface area contributed by atoms with E-state index in [0.29, 0.717) is 13.2 Å². The molecule has 0 radical (unpaired) electrons. The summed E-state index contributed by atoms with van der Waals surface area (Å²) in [5.41, 5.74) is 7.23. The largest absolute Gasteiger partial charge is 0.491 e. The highest BCUT2D eigenvalue weighted by Gasteiger charge is 2.10. The minimum Gasteiger partial charge on any atom is -0.491 e. The van der Waals surface area contributed by atoms with Gasteiger partial charge in [-0.3, -0.25) is 0 Å². The van der Waals surface area contributed by atoms with Crippen molar-refractivity contribution in [3.8, 4) is 16.3 Å².